The number of benzene rings is 1. The summed E-state index contributed by atoms with van der Waals surface area (Å²) in [6.45, 7) is 4.49. The molecule has 2 N–H and O–H groups in total. The van der Waals surface area contributed by atoms with Gasteiger partial charge in [0.2, 0.25) is 12.0 Å². The third-order valence-electron chi connectivity index (χ3n) is 2.91. The van der Waals surface area contributed by atoms with Crippen molar-refractivity contribution in [2.75, 3.05) is 0 Å². The Bertz CT molecular complexity index is 527. The normalized spacial score (nSPS) is 13.3. The number of esters is 2. The van der Waals surface area contributed by atoms with Gasteiger partial charge in [0.25, 0.3) is 0 Å². The molecule has 120 valence electrons. The molecule has 0 aliphatic carbocycles. The van der Waals surface area contributed by atoms with Crippen molar-refractivity contribution in [1.82, 2.24) is 0 Å². The van der Waals surface area contributed by atoms with Crippen LogP contribution in [0, 0.1) is 5.92 Å². The number of ether oxygens (including phenoxy) is 2. The van der Waals surface area contributed by atoms with Crippen molar-refractivity contribution in [3.63, 3.8) is 0 Å². The number of rotatable bonds is 7. The second-order valence-electron chi connectivity index (χ2n) is 5.21. The van der Waals surface area contributed by atoms with Gasteiger partial charge in [0, 0.05) is 6.92 Å². The van der Waals surface area contributed by atoms with Crippen LogP contribution in [0.3, 0.4) is 0 Å². The Labute approximate surface area is 129 Å². The van der Waals surface area contributed by atoms with E-state index in [9.17, 15) is 14.4 Å². The van der Waals surface area contributed by atoms with Gasteiger partial charge in [-0.25, -0.2) is 4.79 Å². The summed E-state index contributed by atoms with van der Waals surface area (Å²) >= 11 is 0. The molecule has 1 rings (SSSR count). The first-order chi connectivity index (χ1) is 10.3. The summed E-state index contributed by atoms with van der Waals surface area (Å²) in [5.74, 6) is -3.16. The first-order valence-electron chi connectivity index (χ1n) is 7.02. The van der Waals surface area contributed by atoms with Crippen LogP contribution in [-0.4, -0.2) is 30.1 Å². The molecule has 2 atom stereocenters. The van der Waals surface area contributed by atoms with E-state index in [2.05, 4.69) is 0 Å². The quantitative estimate of drug-likeness (QED) is 0.764. The molecule has 0 aliphatic rings. The SMILES string of the molecule is CC(=O)O[C@@H](C(=O)OC(C)C)[C@H](Cc1ccccc1)C(N)=O. The van der Waals surface area contributed by atoms with Crippen molar-refractivity contribution in [1.29, 1.82) is 0 Å². The lowest BCUT2D eigenvalue weighted by molar-refractivity contribution is -0.174. The molecule has 1 aromatic carbocycles. The molecule has 0 aromatic heterocycles. The zero-order valence-corrected chi connectivity index (χ0v) is 12.9. The van der Waals surface area contributed by atoms with Crippen LogP contribution >= 0.6 is 0 Å². The van der Waals surface area contributed by atoms with Crippen LogP contribution in [0.4, 0.5) is 0 Å². The Hall–Kier alpha value is -2.37. The van der Waals surface area contributed by atoms with Gasteiger partial charge >= 0.3 is 11.9 Å². The van der Waals surface area contributed by atoms with Crippen LogP contribution in [0.2, 0.25) is 0 Å². The summed E-state index contributed by atoms with van der Waals surface area (Å²) in [5.41, 5.74) is 6.20. The third kappa shape index (κ3) is 5.55. The van der Waals surface area contributed by atoms with Crippen molar-refractivity contribution in [2.24, 2.45) is 11.7 Å². The molecule has 6 heteroatoms. The monoisotopic (exact) mass is 307 g/mol. The van der Waals surface area contributed by atoms with Crippen LogP contribution in [0.1, 0.15) is 26.3 Å². The summed E-state index contributed by atoms with van der Waals surface area (Å²) in [6, 6.07) is 9.05. The first-order valence-corrected chi connectivity index (χ1v) is 7.02. The Balaban J connectivity index is 3.01. The first kappa shape index (κ1) is 17.7. The average molecular weight is 307 g/mol. The Morgan fingerprint density at radius 1 is 1.09 bits per heavy atom. The topological polar surface area (TPSA) is 95.7 Å². The van der Waals surface area contributed by atoms with Crippen molar-refractivity contribution >= 4 is 17.8 Å². The summed E-state index contributed by atoms with van der Waals surface area (Å²) < 4.78 is 10.1. The van der Waals surface area contributed by atoms with E-state index < -0.39 is 36.0 Å². The molecule has 0 heterocycles. The number of carbonyl (C=O) groups excluding carboxylic acids is 3. The van der Waals surface area contributed by atoms with E-state index in [0.717, 1.165) is 12.5 Å². The van der Waals surface area contributed by atoms with Gasteiger partial charge in [-0.05, 0) is 25.8 Å². The molecule has 6 nitrogen and oxygen atoms in total. The maximum Gasteiger partial charge on any atom is 0.348 e. The van der Waals surface area contributed by atoms with Crippen molar-refractivity contribution in [2.45, 2.75) is 39.4 Å². The molecular formula is C16H21NO5. The van der Waals surface area contributed by atoms with Crippen LogP contribution in [0.25, 0.3) is 0 Å². The standard InChI is InChI=1S/C16H21NO5/c1-10(2)21-16(20)14(22-11(3)18)13(15(17)19)9-12-7-5-4-6-8-12/h4-8,10,13-14H,9H2,1-3H3,(H2,17,19)/t13-,14+/m0/s1. The van der Waals surface area contributed by atoms with Gasteiger partial charge in [-0.1, -0.05) is 30.3 Å². The fraction of sp³-hybridized carbons (Fsp3) is 0.438. The summed E-state index contributed by atoms with van der Waals surface area (Å²) in [6.07, 6.45) is -1.56. The molecule has 0 spiro atoms. The molecule has 0 bridgehead atoms. The van der Waals surface area contributed by atoms with E-state index in [1.54, 1.807) is 38.1 Å². The van der Waals surface area contributed by atoms with E-state index in [0.29, 0.717) is 0 Å². The summed E-state index contributed by atoms with van der Waals surface area (Å²) in [7, 11) is 0. The summed E-state index contributed by atoms with van der Waals surface area (Å²) in [5, 5.41) is 0. The van der Waals surface area contributed by atoms with Crippen LogP contribution in [0.15, 0.2) is 30.3 Å². The largest absolute Gasteiger partial charge is 0.460 e. The smallest absolute Gasteiger partial charge is 0.348 e. The minimum absolute atomic E-state index is 0.182. The highest BCUT2D eigenvalue weighted by Gasteiger charge is 2.37. The Morgan fingerprint density at radius 3 is 2.14 bits per heavy atom. The number of amides is 1. The van der Waals surface area contributed by atoms with Gasteiger partial charge in [0.15, 0.2) is 0 Å². The highest BCUT2D eigenvalue weighted by atomic mass is 16.6. The van der Waals surface area contributed by atoms with Crippen LogP contribution in [-0.2, 0) is 30.3 Å². The molecule has 1 aromatic rings. The predicted octanol–water partition coefficient (Wildman–Crippen LogP) is 1.21. The van der Waals surface area contributed by atoms with Crippen LogP contribution in [0.5, 0.6) is 0 Å². The molecule has 1 amide bonds. The number of nitrogens with two attached hydrogens (primary N) is 1. The van der Waals surface area contributed by atoms with E-state index in [1.807, 2.05) is 6.07 Å². The highest BCUT2D eigenvalue weighted by molar-refractivity contribution is 5.87. The third-order valence-corrected chi connectivity index (χ3v) is 2.91. The lowest BCUT2D eigenvalue weighted by Gasteiger charge is -2.24. The van der Waals surface area contributed by atoms with Gasteiger partial charge in [-0.2, -0.15) is 0 Å². The molecule has 0 fully saturated rings. The maximum absolute atomic E-state index is 12.1. The predicted molar refractivity (Wildman–Crippen MR) is 79.6 cm³/mol. The second kappa shape index (κ2) is 8.17. The van der Waals surface area contributed by atoms with Gasteiger partial charge in [-0.3, -0.25) is 9.59 Å². The van der Waals surface area contributed by atoms with Gasteiger partial charge in [0.1, 0.15) is 0 Å². The average Bonchev–Trinajstić information content (AvgIpc) is 2.42. The molecule has 22 heavy (non-hydrogen) atoms. The van der Waals surface area contributed by atoms with E-state index in [1.165, 1.54) is 0 Å². The lowest BCUT2D eigenvalue weighted by atomic mass is 9.93. The van der Waals surface area contributed by atoms with Crippen molar-refractivity contribution in [3.05, 3.63) is 35.9 Å². The summed E-state index contributed by atoms with van der Waals surface area (Å²) in [4.78, 5) is 35.1. The molecule has 0 saturated carbocycles. The molecule has 0 unspecified atom stereocenters. The molecular weight excluding hydrogens is 286 g/mol. The van der Waals surface area contributed by atoms with Gasteiger partial charge in [-0.15, -0.1) is 0 Å². The maximum atomic E-state index is 12.1. The van der Waals surface area contributed by atoms with Gasteiger partial charge in [0.05, 0.1) is 12.0 Å². The van der Waals surface area contributed by atoms with Crippen molar-refractivity contribution < 1.29 is 23.9 Å². The number of hydrogen-bond acceptors (Lipinski definition) is 5. The fourth-order valence-corrected chi connectivity index (χ4v) is 2.00. The Kier molecular flexibility index (Phi) is 6.56. The van der Waals surface area contributed by atoms with E-state index in [-0.39, 0.29) is 6.42 Å². The number of hydrogen-bond donors (Lipinski definition) is 1. The zero-order chi connectivity index (χ0) is 16.7. The molecule has 0 aliphatic heterocycles. The van der Waals surface area contributed by atoms with E-state index >= 15 is 0 Å². The minimum Gasteiger partial charge on any atom is -0.460 e. The zero-order valence-electron chi connectivity index (χ0n) is 12.9. The van der Waals surface area contributed by atoms with Crippen molar-refractivity contribution in [3.8, 4) is 0 Å². The highest BCUT2D eigenvalue weighted by Crippen LogP contribution is 2.17. The number of carbonyl (C=O) groups is 3. The van der Waals surface area contributed by atoms with Crippen LogP contribution < -0.4 is 5.73 Å². The second-order valence-corrected chi connectivity index (χ2v) is 5.21. The van der Waals surface area contributed by atoms with Gasteiger partial charge < -0.3 is 15.2 Å². The fourth-order valence-electron chi connectivity index (χ4n) is 2.00. The minimum atomic E-state index is -1.35. The molecule has 0 saturated heterocycles. The van der Waals surface area contributed by atoms with E-state index in [4.69, 9.17) is 15.2 Å². The lowest BCUT2D eigenvalue weighted by Crippen LogP contribution is -2.44. The number of primary amides is 1. The molecule has 0 radical (unpaired) electrons. The Morgan fingerprint density at radius 2 is 1.68 bits per heavy atom.